The van der Waals surface area contributed by atoms with E-state index < -0.39 is 0 Å². The first-order valence-electron chi connectivity index (χ1n) is 9.40. The fraction of sp³-hybridized carbons (Fsp3) is 0.632. The van der Waals surface area contributed by atoms with Crippen LogP contribution < -0.4 is 0 Å². The quantitative estimate of drug-likeness (QED) is 0.374. The van der Waals surface area contributed by atoms with Crippen LogP contribution in [-0.2, 0) is 18.2 Å². The number of ether oxygens (including phenoxy) is 1. The molecular formula is C19H28N8O. The van der Waals surface area contributed by atoms with Gasteiger partial charge in [-0.05, 0) is 37.0 Å². The van der Waals surface area contributed by atoms with Crippen molar-refractivity contribution in [3.8, 4) is 12.1 Å². The van der Waals surface area contributed by atoms with Crippen LogP contribution in [0.1, 0.15) is 25.6 Å². The first kappa shape index (κ1) is 21.4. The van der Waals surface area contributed by atoms with Gasteiger partial charge in [-0.3, -0.25) is 0 Å². The number of hydrogen-bond acceptors (Lipinski definition) is 8. The van der Waals surface area contributed by atoms with Crippen LogP contribution in [0.5, 0.6) is 0 Å². The lowest BCUT2D eigenvalue weighted by molar-refractivity contribution is 0.0709. The summed E-state index contributed by atoms with van der Waals surface area (Å²) in [6.07, 6.45) is 4.62. The van der Waals surface area contributed by atoms with Crippen LogP contribution in [0.25, 0.3) is 0 Å². The summed E-state index contributed by atoms with van der Waals surface area (Å²) in [6, 6.07) is 4.08. The van der Waals surface area contributed by atoms with Crippen LogP contribution >= 0.6 is 0 Å². The average molecular weight is 384 g/mol. The number of aryl methyl sites for hydroxylation is 1. The third-order valence-corrected chi connectivity index (χ3v) is 4.76. The summed E-state index contributed by atoms with van der Waals surface area (Å²) < 4.78 is 5.83. The Morgan fingerprint density at radius 1 is 1.36 bits per heavy atom. The molecule has 1 atom stereocenters. The lowest BCUT2D eigenvalue weighted by atomic mass is 9.97. The van der Waals surface area contributed by atoms with E-state index in [1.807, 2.05) is 44.1 Å². The SMILES string of the molecule is C/C(=C\C(=C(C#N)C#N)N1CCC[C@H](COCCc2nnn(C)n2)C1)N(C)C. The summed E-state index contributed by atoms with van der Waals surface area (Å²) in [6.45, 7) is 4.75. The first-order chi connectivity index (χ1) is 13.4. The van der Waals surface area contributed by atoms with E-state index in [0.717, 1.165) is 31.6 Å². The van der Waals surface area contributed by atoms with Gasteiger partial charge in [-0.15, -0.1) is 10.2 Å². The molecule has 0 amide bonds. The van der Waals surface area contributed by atoms with Gasteiger partial charge >= 0.3 is 0 Å². The molecule has 1 aromatic heterocycles. The van der Waals surface area contributed by atoms with Gasteiger partial charge in [0.2, 0.25) is 0 Å². The molecule has 1 fully saturated rings. The molecule has 2 heterocycles. The number of rotatable bonds is 8. The van der Waals surface area contributed by atoms with E-state index in [9.17, 15) is 10.5 Å². The van der Waals surface area contributed by atoms with Gasteiger partial charge in [-0.25, -0.2) is 0 Å². The highest BCUT2D eigenvalue weighted by Gasteiger charge is 2.23. The molecule has 0 aromatic carbocycles. The Morgan fingerprint density at radius 2 is 2.11 bits per heavy atom. The van der Waals surface area contributed by atoms with Crippen molar-refractivity contribution >= 4 is 0 Å². The van der Waals surface area contributed by atoms with E-state index >= 15 is 0 Å². The third-order valence-electron chi connectivity index (χ3n) is 4.76. The fourth-order valence-electron chi connectivity index (χ4n) is 3.04. The molecule has 0 saturated carbocycles. The van der Waals surface area contributed by atoms with Gasteiger partial charge < -0.3 is 14.5 Å². The smallest absolute Gasteiger partial charge is 0.177 e. The maximum atomic E-state index is 9.38. The number of tetrazole rings is 1. The number of aromatic nitrogens is 4. The molecule has 0 aliphatic carbocycles. The Kier molecular flexibility index (Phi) is 7.97. The standard InChI is InChI=1S/C19H28N8O/c1-15(25(2)3)10-18(17(11-20)12-21)27-8-5-6-16(13-27)14-28-9-7-19-22-24-26(4)23-19/h10,16H,5-9,13-14H2,1-4H3/b15-10+/t16-/m0/s1. The normalized spacial score (nSPS) is 17.0. The minimum atomic E-state index is 0.150. The van der Waals surface area contributed by atoms with Crippen LogP contribution in [0, 0.1) is 28.6 Å². The van der Waals surface area contributed by atoms with Crippen molar-refractivity contribution < 1.29 is 4.74 Å². The molecule has 1 aromatic rings. The number of piperidine rings is 1. The maximum absolute atomic E-state index is 9.38. The summed E-state index contributed by atoms with van der Waals surface area (Å²) in [7, 11) is 5.63. The number of nitriles is 2. The first-order valence-corrected chi connectivity index (χ1v) is 9.40. The van der Waals surface area contributed by atoms with Crippen molar-refractivity contribution in [2.75, 3.05) is 40.4 Å². The van der Waals surface area contributed by atoms with E-state index in [1.54, 1.807) is 7.05 Å². The molecule has 2 rings (SSSR count). The van der Waals surface area contributed by atoms with Crippen molar-refractivity contribution in [2.24, 2.45) is 13.0 Å². The zero-order valence-electron chi connectivity index (χ0n) is 17.1. The molecule has 1 aliphatic heterocycles. The molecule has 0 bridgehead atoms. The van der Waals surface area contributed by atoms with E-state index in [0.29, 0.717) is 37.1 Å². The molecular weight excluding hydrogens is 356 g/mol. The van der Waals surface area contributed by atoms with Gasteiger partial charge in [-0.1, -0.05) is 0 Å². The predicted octanol–water partition coefficient (Wildman–Crippen LogP) is 1.25. The second-order valence-corrected chi connectivity index (χ2v) is 7.14. The maximum Gasteiger partial charge on any atom is 0.177 e. The summed E-state index contributed by atoms with van der Waals surface area (Å²) in [4.78, 5) is 5.54. The van der Waals surface area contributed by atoms with Crippen LogP contribution in [0.3, 0.4) is 0 Å². The van der Waals surface area contributed by atoms with Crippen LogP contribution in [0.2, 0.25) is 0 Å². The van der Waals surface area contributed by atoms with Crippen molar-refractivity contribution in [1.29, 1.82) is 10.5 Å². The Hall–Kier alpha value is -2.91. The fourth-order valence-corrected chi connectivity index (χ4v) is 3.04. The summed E-state index contributed by atoms with van der Waals surface area (Å²) in [5.41, 5.74) is 1.84. The monoisotopic (exact) mass is 384 g/mol. The number of allylic oxidation sites excluding steroid dienone is 3. The minimum Gasteiger partial charge on any atom is -0.381 e. The van der Waals surface area contributed by atoms with Gasteiger partial charge in [0, 0.05) is 39.3 Å². The van der Waals surface area contributed by atoms with Crippen molar-refractivity contribution in [3.63, 3.8) is 0 Å². The van der Waals surface area contributed by atoms with Gasteiger partial charge in [0.1, 0.15) is 12.1 Å². The van der Waals surface area contributed by atoms with Gasteiger partial charge in [0.05, 0.1) is 26.0 Å². The Balaban J connectivity index is 1.97. The van der Waals surface area contributed by atoms with Crippen molar-refractivity contribution in [1.82, 2.24) is 30.0 Å². The highest BCUT2D eigenvalue weighted by Crippen LogP contribution is 2.24. The predicted molar refractivity (Wildman–Crippen MR) is 103 cm³/mol. The minimum absolute atomic E-state index is 0.150. The Labute approximate surface area is 166 Å². The molecule has 0 N–H and O–H groups in total. The molecule has 1 saturated heterocycles. The van der Waals surface area contributed by atoms with Crippen molar-refractivity contribution in [2.45, 2.75) is 26.2 Å². The lowest BCUT2D eigenvalue weighted by Gasteiger charge is -2.35. The molecule has 9 nitrogen and oxygen atoms in total. The number of likely N-dealkylation sites (tertiary alicyclic amines) is 1. The van der Waals surface area contributed by atoms with Gasteiger partial charge in [0.25, 0.3) is 0 Å². The molecule has 0 spiro atoms. The summed E-state index contributed by atoms with van der Waals surface area (Å²) >= 11 is 0. The second-order valence-electron chi connectivity index (χ2n) is 7.14. The van der Waals surface area contributed by atoms with Crippen molar-refractivity contribution in [3.05, 3.63) is 28.9 Å². The highest BCUT2D eigenvalue weighted by molar-refractivity contribution is 5.44. The third kappa shape index (κ3) is 6.07. The average Bonchev–Trinajstić information content (AvgIpc) is 3.10. The Morgan fingerprint density at radius 3 is 2.71 bits per heavy atom. The van der Waals surface area contributed by atoms with Gasteiger partial charge in [0.15, 0.2) is 11.4 Å². The zero-order valence-corrected chi connectivity index (χ0v) is 17.1. The Bertz CT molecular complexity index is 780. The molecule has 150 valence electrons. The van der Waals surface area contributed by atoms with Crippen LogP contribution in [0.15, 0.2) is 23.0 Å². The van der Waals surface area contributed by atoms with E-state index in [-0.39, 0.29) is 5.57 Å². The molecule has 0 unspecified atom stereocenters. The molecule has 1 aliphatic rings. The van der Waals surface area contributed by atoms with Gasteiger partial charge in [-0.2, -0.15) is 15.3 Å². The number of hydrogen-bond donors (Lipinski definition) is 0. The number of nitrogens with zero attached hydrogens (tertiary/aromatic N) is 8. The van der Waals surface area contributed by atoms with E-state index in [1.165, 1.54) is 4.80 Å². The molecule has 0 radical (unpaired) electrons. The molecule has 9 heteroatoms. The summed E-state index contributed by atoms with van der Waals surface area (Å²) in [5.74, 6) is 1.03. The van der Waals surface area contributed by atoms with Crippen LogP contribution in [-0.4, -0.2) is 70.4 Å². The van der Waals surface area contributed by atoms with E-state index in [2.05, 4.69) is 20.3 Å². The van der Waals surface area contributed by atoms with E-state index in [4.69, 9.17) is 4.74 Å². The van der Waals surface area contributed by atoms with Crippen LogP contribution in [0.4, 0.5) is 0 Å². The highest BCUT2D eigenvalue weighted by atomic mass is 16.5. The topological polar surface area (TPSA) is 107 Å². The lowest BCUT2D eigenvalue weighted by Crippen LogP contribution is -2.37. The molecule has 28 heavy (non-hydrogen) atoms. The summed E-state index contributed by atoms with van der Waals surface area (Å²) in [5, 5.41) is 30.7. The second kappa shape index (κ2) is 10.4. The largest absolute Gasteiger partial charge is 0.381 e. The zero-order chi connectivity index (χ0) is 20.5.